The van der Waals surface area contributed by atoms with E-state index < -0.39 is 0 Å². The lowest BCUT2D eigenvalue weighted by Crippen LogP contribution is -2.26. The molecular weight excluding hydrogens is 242 g/mol. The van der Waals surface area contributed by atoms with Gasteiger partial charge in [-0.25, -0.2) is 0 Å². The Morgan fingerprint density at radius 1 is 1.47 bits per heavy atom. The first-order valence-electron chi connectivity index (χ1n) is 6.80. The van der Waals surface area contributed by atoms with Gasteiger partial charge in [0.15, 0.2) is 0 Å². The molecule has 0 saturated carbocycles. The van der Waals surface area contributed by atoms with Gasteiger partial charge in [0.2, 0.25) is 5.91 Å². The Balaban J connectivity index is 1.83. The summed E-state index contributed by atoms with van der Waals surface area (Å²) in [5.74, 6) is 1.03. The standard InChI is InChI=1S/C15H21NO3/c1-18-8-3-7-16-15(17)11-12-5-6-14-13(10-12)4-2-9-19-14/h5-6,10H,2-4,7-9,11H2,1H3,(H,16,17). The van der Waals surface area contributed by atoms with Crippen LogP contribution in [0, 0.1) is 0 Å². The van der Waals surface area contributed by atoms with Crippen LogP contribution in [-0.2, 0) is 22.4 Å². The van der Waals surface area contributed by atoms with Crippen molar-refractivity contribution in [2.75, 3.05) is 26.9 Å². The topological polar surface area (TPSA) is 47.6 Å². The zero-order valence-electron chi connectivity index (χ0n) is 11.4. The molecular formula is C15H21NO3. The van der Waals surface area contributed by atoms with E-state index in [0.717, 1.165) is 37.2 Å². The van der Waals surface area contributed by atoms with Crippen LogP contribution in [-0.4, -0.2) is 32.8 Å². The van der Waals surface area contributed by atoms with E-state index in [0.29, 0.717) is 19.6 Å². The molecule has 1 aromatic carbocycles. The van der Waals surface area contributed by atoms with Crippen molar-refractivity contribution in [1.82, 2.24) is 5.32 Å². The second kappa shape index (κ2) is 7.14. The lowest BCUT2D eigenvalue weighted by molar-refractivity contribution is -0.120. The zero-order chi connectivity index (χ0) is 13.5. The molecule has 104 valence electrons. The molecule has 0 bridgehead atoms. The molecule has 1 N–H and O–H groups in total. The van der Waals surface area contributed by atoms with E-state index in [9.17, 15) is 4.79 Å². The molecule has 0 fully saturated rings. The Morgan fingerprint density at radius 2 is 2.37 bits per heavy atom. The number of rotatable bonds is 6. The minimum absolute atomic E-state index is 0.0628. The number of carbonyl (C=O) groups excluding carboxylic acids is 1. The molecule has 2 rings (SSSR count). The van der Waals surface area contributed by atoms with E-state index in [1.165, 1.54) is 5.56 Å². The monoisotopic (exact) mass is 263 g/mol. The zero-order valence-corrected chi connectivity index (χ0v) is 11.4. The second-order valence-electron chi connectivity index (χ2n) is 4.77. The number of nitrogens with one attached hydrogen (secondary N) is 1. The molecule has 0 aromatic heterocycles. The van der Waals surface area contributed by atoms with Crippen LogP contribution in [0.2, 0.25) is 0 Å². The van der Waals surface area contributed by atoms with Gasteiger partial charge in [-0.3, -0.25) is 4.79 Å². The predicted molar refractivity (Wildman–Crippen MR) is 73.5 cm³/mol. The molecule has 1 aliphatic heterocycles. The molecule has 4 heteroatoms. The van der Waals surface area contributed by atoms with Gasteiger partial charge < -0.3 is 14.8 Å². The summed E-state index contributed by atoms with van der Waals surface area (Å²) in [7, 11) is 1.66. The van der Waals surface area contributed by atoms with Crippen molar-refractivity contribution >= 4 is 5.91 Å². The molecule has 0 atom stereocenters. The number of hydrogen-bond donors (Lipinski definition) is 1. The van der Waals surface area contributed by atoms with Crippen LogP contribution in [0.5, 0.6) is 5.75 Å². The summed E-state index contributed by atoms with van der Waals surface area (Å²) in [4.78, 5) is 11.8. The molecule has 1 amide bonds. The third kappa shape index (κ3) is 4.24. The summed E-state index contributed by atoms with van der Waals surface area (Å²) in [6.07, 6.45) is 3.37. The van der Waals surface area contributed by atoms with Gasteiger partial charge in [-0.1, -0.05) is 12.1 Å². The van der Waals surface area contributed by atoms with E-state index in [-0.39, 0.29) is 5.91 Å². The number of ether oxygens (including phenoxy) is 2. The third-order valence-corrected chi connectivity index (χ3v) is 3.19. The lowest BCUT2D eigenvalue weighted by atomic mass is 10.0. The quantitative estimate of drug-likeness (QED) is 0.795. The van der Waals surface area contributed by atoms with Crippen LogP contribution in [0.25, 0.3) is 0 Å². The van der Waals surface area contributed by atoms with Gasteiger partial charge in [0.1, 0.15) is 5.75 Å². The highest BCUT2D eigenvalue weighted by molar-refractivity contribution is 5.78. The maximum absolute atomic E-state index is 11.8. The van der Waals surface area contributed by atoms with Crippen molar-refractivity contribution in [1.29, 1.82) is 0 Å². The van der Waals surface area contributed by atoms with Gasteiger partial charge in [0.05, 0.1) is 13.0 Å². The molecule has 0 aliphatic carbocycles. The second-order valence-corrected chi connectivity index (χ2v) is 4.77. The smallest absolute Gasteiger partial charge is 0.224 e. The minimum atomic E-state index is 0.0628. The molecule has 0 unspecified atom stereocenters. The maximum Gasteiger partial charge on any atom is 0.224 e. The van der Waals surface area contributed by atoms with Crippen molar-refractivity contribution in [3.05, 3.63) is 29.3 Å². The predicted octanol–water partition coefficient (Wildman–Crippen LogP) is 1.71. The lowest BCUT2D eigenvalue weighted by Gasteiger charge is -2.17. The number of carbonyl (C=O) groups is 1. The van der Waals surface area contributed by atoms with Crippen molar-refractivity contribution < 1.29 is 14.3 Å². The van der Waals surface area contributed by atoms with E-state index in [1.807, 2.05) is 12.1 Å². The highest BCUT2D eigenvalue weighted by Gasteiger charge is 2.11. The summed E-state index contributed by atoms with van der Waals surface area (Å²) < 4.78 is 10.5. The Morgan fingerprint density at radius 3 is 3.21 bits per heavy atom. The summed E-state index contributed by atoms with van der Waals surface area (Å²) >= 11 is 0. The van der Waals surface area contributed by atoms with Crippen LogP contribution in [0.1, 0.15) is 24.0 Å². The normalized spacial score (nSPS) is 13.5. The molecule has 0 radical (unpaired) electrons. The Bertz CT molecular complexity index is 431. The Hall–Kier alpha value is -1.55. The molecule has 1 aromatic rings. The van der Waals surface area contributed by atoms with Gasteiger partial charge in [0.25, 0.3) is 0 Å². The Labute approximate surface area is 114 Å². The van der Waals surface area contributed by atoms with Crippen molar-refractivity contribution in [3.63, 3.8) is 0 Å². The van der Waals surface area contributed by atoms with Crippen LogP contribution in [0.3, 0.4) is 0 Å². The average Bonchev–Trinajstić information content (AvgIpc) is 2.43. The van der Waals surface area contributed by atoms with Crippen LogP contribution in [0.4, 0.5) is 0 Å². The fourth-order valence-corrected chi connectivity index (χ4v) is 2.22. The molecule has 0 spiro atoms. The van der Waals surface area contributed by atoms with Gasteiger partial charge >= 0.3 is 0 Å². The molecule has 19 heavy (non-hydrogen) atoms. The van der Waals surface area contributed by atoms with Gasteiger partial charge in [0, 0.05) is 20.3 Å². The van der Waals surface area contributed by atoms with Crippen LogP contribution < -0.4 is 10.1 Å². The van der Waals surface area contributed by atoms with E-state index in [1.54, 1.807) is 7.11 Å². The van der Waals surface area contributed by atoms with Crippen molar-refractivity contribution in [3.8, 4) is 5.75 Å². The SMILES string of the molecule is COCCCNC(=O)Cc1ccc2c(c1)CCCO2. The highest BCUT2D eigenvalue weighted by atomic mass is 16.5. The van der Waals surface area contributed by atoms with E-state index in [4.69, 9.17) is 9.47 Å². The number of aryl methyl sites for hydroxylation is 1. The first kappa shape index (κ1) is 13.9. The summed E-state index contributed by atoms with van der Waals surface area (Å²) in [5, 5.41) is 2.90. The average molecular weight is 263 g/mol. The van der Waals surface area contributed by atoms with E-state index in [2.05, 4.69) is 11.4 Å². The molecule has 0 saturated heterocycles. The Kier molecular flexibility index (Phi) is 5.21. The van der Waals surface area contributed by atoms with Crippen molar-refractivity contribution in [2.45, 2.75) is 25.7 Å². The fourth-order valence-electron chi connectivity index (χ4n) is 2.22. The number of benzene rings is 1. The first-order valence-corrected chi connectivity index (χ1v) is 6.80. The molecule has 1 heterocycles. The largest absolute Gasteiger partial charge is 0.493 e. The van der Waals surface area contributed by atoms with Gasteiger partial charge in [-0.15, -0.1) is 0 Å². The van der Waals surface area contributed by atoms with Crippen LogP contribution in [0.15, 0.2) is 18.2 Å². The fraction of sp³-hybridized carbons (Fsp3) is 0.533. The van der Waals surface area contributed by atoms with Gasteiger partial charge in [-0.2, -0.15) is 0 Å². The molecule has 1 aliphatic rings. The summed E-state index contributed by atoms with van der Waals surface area (Å²) in [6.45, 7) is 2.14. The molecule has 4 nitrogen and oxygen atoms in total. The highest BCUT2D eigenvalue weighted by Crippen LogP contribution is 2.25. The van der Waals surface area contributed by atoms with E-state index >= 15 is 0 Å². The third-order valence-electron chi connectivity index (χ3n) is 3.19. The minimum Gasteiger partial charge on any atom is -0.493 e. The first-order chi connectivity index (χ1) is 9.29. The van der Waals surface area contributed by atoms with Crippen molar-refractivity contribution in [2.24, 2.45) is 0 Å². The maximum atomic E-state index is 11.8. The number of fused-ring (bicyclic) bond motifs is 1. The number of methoxy groups -OCH3 is 1. The number of hydrogen-bond acceptors (Lipinski definition) is 3. The van der Waals surface area contributed by atoms with Crippen LogP contribution >= 0.6 is 0 Å². The number of amides is 1. The van der Waals surface area contributed by atoms with Gasteiger partial charge in [-0.05, 0) is 36.5 Å². The summed E-state index contributed by atoms with van der Waals surface area (Å²) in [6, 6.07) is 6.03. The summed E-state index contributed by atoms with van der Waals surface area (Å²) in [5.41, 5.74) is 2.27.